The van der Waals surface area contributed by atoms with Crippen LogP contribution in [0.15, 0.2) is 11.6 Å². The Morgan fingerprint density at radius 2 is 2.14 bits per heavy atom. The molecule has 0 saturated carbocycles. The van der Waals surface area contributed by atoms with Gasteiger partial charge >= 0.3 is 0 Å². The normalized spacial score (nSPS) is 20.7. The summed E-state index contributed by atoms with van der Waals surface area (Å²) in [6.07, 6.45) is 4.62. The highest BCUT2D eigenvalue weighted by atomic mass is 35.5. The summed E-state index contributed by atoms with van der Waals surface area (Å²) in [5, 5.41) is 3.40. The highest BCUT2D eigenvalue weighted by molar-refractivity contribution is 6.25. The van der Waals surface area contributed by atoms with Crippen molar-refractivity contribution in [3.63, 3.8) is 0 Å². The highest BCUT2D eigenvalue weighted by Gasteiger charge is 2.16. The molecule has 0 amide bonds. The lowest BCUT2D eigenvalue weighted by molar-refractivity contribution is 0.191. The molecule has 1 saturated heterocycles. The molecule has 0 atom stereocenters. The van der Waals surface area contributed by atoms with Crippen molar-refractivity contribution >= 4 is 11.6 Å². The van der Waals surface area contributed by atoms with Gasteiger partial charge in [0.15, 0.2) is 0 Å². The van der Waals surface area contributed by atoms with E-state index in [4.69, 9.17) is 11.6 Å². The van der Waals surface area contributed by atoms with Crippen LogP contribution in [0, 0.1) is 5.92 Å². The maximum atomic E-state index is 5.43. The fourth-order valence-electron chi connectivity index (χ4n) is 1.92. The first-order valence-corrected chi connectivity index (χ1v) is 5.98. The van der Waals surface area contributed by atoms with Gasteiger partial charge in [0.05, 0.1) is 0 Å². The molecule has 2 nitrogen and oxygen atoms in total. The summed E-state index contributed by atoms with van der Waals surface area (Å²) in [6, 6.07) is 0. The lowest BCUT2D eigenvalue weighted by Gasteiger charge is -2.31. The number of hydrogen-bond acceptors (Lipinski definition) is 2. The molecule has 1 heterocycles. The molecule has 0 aliphatic carbocycles. The van der Waals surface area contributed by atoms with E-state index >= 15 is 0 Å². The van der Waals surface area contributed by atoms with Crippen LogP contribution < -0.4 is 5.32 Å². The van der Waals surface area contributed by atoms with E-state index < -0.39 is 0 Å². The topological polar surface area (TPSA) is 15.3 Å². The third kappa shape index (κ3) is 4.45. The predicted molar refractivity (Wildman–Crippen MR) is 62.7 cm³/mol. The molecule has 1 aliphatic heterocycles. The summed E-state index contributed by atoms with van der Waals surface area (Å²) in [6.45, 7) is 8.03. The van der Waals surface area contributed by atoms with Gasteiger partial charge < -0.3 is 10.2 Å². The summed E-state index contributed by atoms with van der Waals surface area (Å²) in [5.74, 6) is 0.863. The minimum absolute atomic E-state index is 0.863. The molecule has 3 heteroatoms. The standard InChI is InChI=1S/C11H21ClN2/c1-2-14-8-4-11(5-9-14)10-13-7-3-6-12/h3,6,11,13H,2,4-5,7-10H2,1H3/b6-3+. The Morgan fingerprint density at radius 3 is 2.71 bits per heavy atom. The van der Waals surface area contributed by atoms with E-state index in [1.807, 2.05) is 6.08 Å². The minimum atomic E-state index is 0.863. The Balaban J connectivity index is 2.04. The lowest BCUT2D eigenvalue weighted by Crippen LogP contribution is -2.37. The van der Waals surface area contributed by atoms with Crippen LogP contribution in [0.25, 0.3) is 0 Å². The highest BCUT2D eigenvalue weighted by Crippen LogP contribution is 2.15. The Bertz CT molecular complexity index is 163. The quantitative estimate of drug-likeness (QED) is 0.708. The molecule has 1 N–H and O–H groups in total. The molecule has 1 rings (SSSR count). The van der Waals surface area contributed by atoms with Crippen LogP contribution in [-0.4, -0.2) is 37.6 Å². The van der Waals surface area contributed by atoms with Crippen LogP contribution in [0.4, 0.5) is 0 Å². The number of halogens is 1. The number of nitrogens with one attached hydrogen (secondary N) is 1. The maximum Gasteiger partial charge on any atom is 0.0146 e. The van der Waals surface area contributed by atoms with Gasteiger partial charge in [0.25, 0.3) is 0 Å². The van der Waals surface area contributed by atoms with Gasteiger partial charge in [-0.1, -0.05) is 24.6 Å². The Kier molecular flexibility index (Phi) is 6.24. The van der Waals surface area contributed by atoms with Crippen molar-refractivity contribution in [2.45, 2.75) is 19.8 Å². The van der Waals surface area contributed by atoms with Gasteiger partial charge in [0, 0.05) is 12.1 Å². The lowest BCUT2D eigenvalue weighted by atomic mass is 9.97. The van der Waals surface area contributed by atoms with Crippen LogP contribution >= 0.6 is 11.6 Å². The zero-order valence-electron chi connectivity index (χ0n) is 9.01. The zero-order chi connectivity index (χ0) is 10.2. The van der Waals surface area contributed by atoms with E-state index in [-0.39, 0.29) is 0 Å². The molecular formula is C11H21ClN2. The van der Waals surface area contributed by atoms with E-state index in [1.165, 1.54) is 32.5 Å². The van der Waals surface area contributed by atoms with E-state index in [2.05, 4.69) is 17.1 Å². The molecule has 0 aromatic carbocycles. The Morgan fingerprint density at radius 1 is 1.43 bits per heavy atom. The molecule has 0 aromatic heterocycles. The SMILES string of the molecule is CCN1CCC(CNC/C=C/Cl)CC1. The van der Waals surface area contributed by atoms with E-state index in [1.54, 1.807) is 5.54 Å². The van der Waals surface area contributed by atoms with Crippen molar-refractivity contribution < 1.29 is 0 Å². The van der Waals surface area contributed by atoms with Gasteiger partial charge in [-0.3, -0.25) is 0 Å². The van der Waals surface area contributed by atoms with Crippen molar-refractivity contribution in [3.8, 4) is 0 Å². The number of piperidine rings is 1. The van der Waals surface area contributed by atoms with E-state index in [9.17, 15) is 0 Å². The second-order valence-electron chi connectivity index (χ2n) is 3.90. The molecule has 0 aromatic rings. The van der Waals surface area contributed by atoms with Gasteiger partial charge in [0.1, 0.15) is 0 Å². The third-order valence-corrected chi connectivity index (χ3v) is 3.12. The van der Waals surface area contributed by atoms with Crippen molar-refractivity contribution in [1.82, 2.24) is 10.2 Å². The zero-order valence-corrected chi connectivity index (χ0v) is 9.76. The van der Waals surface area contributed by atoms with Gasteiger partial charge in [-0.15, -0.1) is 0 Å². The molecule has 1 aliphatic rings. The second-order valence-corrected chi connectivity index (χ2v) is 4.15. The minimum Gasteiger partial charge on any atom is -0.313 e. The van der Waals surface area contributed by atoms with Crippen molar-refractivity contribution in [2.75, 3.05) is 32.7 Å². The summed E-state index contributed by atoms with van der Waals surface area (Å²) >= 11 is 5.43. The largest absolute Gasteiger partial charge is 0.313 e. The first-order chi connectivity index (χ1) is 6.86. The molecule has 14 heavy (non-hydrogen) atoms. The van der Waals surface area contributed by atoms with E-state index in [0.717, 1.165) is 19.0 Å². The monoisotopic (exact) mass is 216 g/mol. The molecular weight excluding hydrogens is 196 g/mol. The fraction of sp³-hybridized carbons (Fsp3) is 0.818. The molecule has 0 bridgehead atoms. The van der Waals surface area contributed by atoms with Gasteiger partial charge in [0.2, 0.25) is 0 Å². The Labute approximate surface area is 92.3 Å². The number of rotatable bonds is 5. The number of likely N-dealkylation sites (tertiary alicyclic amines) is 1. The fourth-order valence-corrected chi connectivity index (χ4v) is 2.01. The smallest absolute Gasteiger partial charge is 0.0146 e. The van der Waals surface area contributed by atoms with E-state index in [0.29, 0.717) is 0 Å². The van der Waals surface area contributed by atoms with Crippen LogP contribution in [0.3, 0.4) is 0 Å². The van der Waals surface area contributed by atoms with Crippen molar-refractivity contribution in [1.29, 1.82) is 0 Å². The Hall–Kier alpha value is -0.0500. The molecule has 82 valence electrons. The van der Waals surface area contributed by atoms with Crippen LogP contribution in [0.1, 0.15) is 19.8 Å². The third-order valence-electron chi connectivity index (χ3n) is 2.94. The van der Waals surface area contributed by atoms with Crippen LogP contribution in [-0.2, 0) is 0 Å². The predicted octanol–water partition coefficient (Wildman–Crippen LogP) is 2.06. The van der Waals surface area contributed by atoms with Crippen LogP contribution in [0.5, 0.6) is 0 Å². The van der Waals surface area contributed by atoms with Gasteiger partial charge in [-0.05, 0) is 44.9 Å². The summed E-state index contributed by atoms with van der Waals surface area (Å²) in [5.41, 5.74) is 1.58. The molecule has 0 spiro atoms. The van der Waals surface area contributed by atoms with Crippen molar-refractivity contribution in [3.05, 3.63) is 11.6 Å². The average molecular weight is 217 g/mol. The molecule has 0 unspecified atom stereocenters. The number of hydrogen-bond donors (Lipinski definition) is 1. The average Bonchev–Trinajstić information content (AvgIpc) is 2.25. The summed E-state index contributed by atoms with van der Waals surface area (Å²) < 4.78 is 0. The van der Waals surface area contributed by atoms with Crippen molar-refractivity contribution in [2.24, 2.45) is 5.92 Å². The molecule has 1 fully saturated rings. The van der Waals surface area contributed by atoms with Gasteiger partial charge in [-0.2, -0.15) is 0 Å². The first-order valence-electron chi connectivity index (χ1n) is 5.55. The summed E-state index contributed by atoms with van der Waals surface area (Å²) in [4.78, 5) is 2.52. The number of nitrogens with zero attached hydrogens (tertiary/aromatic N) is 1. The summed E-state index contributed by atoms with van der Waals surface area (Å²) in [7, 11) is 0. The molecule has 0 radical (unpaired) electrons. The van der Waals surface area contributed by atoms with Gasteiger partial charge in [-0.25, -0.2) is 0 Å². The maximum absolute atomic E-state index is 5.43. The van der Waals surface area contributed by atoms with Crippen LogP contribution in [0.2, 0.25) is 0 Å². The first kappa shape index (κ1) is 12.0. The second kappa shape index (κ2) is 7.27.